The highest BCUT2D eigenvalue weighted by molar-refractivity contribution is 6.18. The Kier molecular flexibility index (Phi) is 12.1. The predicted octanol–water partition coefficient (Wildman–Crippen LogP) is 17.2. The first-order chi connectivity index (χ1) is 63.0. The van der Waals surface area contributed by atoms with Gasteiger partial charge < -0.3 is 0 Å². The third kappa shape index (κ3) is 7.63. The molecule has 0 unspecified atom stereocenters. The summed E-state index contributed by atoms with van der Waals surface area (Å²) in [5, 5.41) is 14.8. The summed E-state index contributed by atoms with van der Waals surface area (Å²) < 4.78 is 37.6. The minimum absolute atomic E-state index is 0.0158. The van der Waals surface area contributed by atoms with Gasteiger partial charge >= 0.3 is 0 Å². The number of fused-ring (bicyclic) bond motifs is 5. The maximum Gasteiger partial charge on any atom is 0.296 e. The second-order valence-electron chi connectivity index (χ2n) is 43.5. The van der Waals surface area contributed by atoms with Gasteiger partial charge in [0.15, 0.2) is 103 Å². The summed E-state index contributed by atoms with van der Waals surface area (Å²) in [5.74, 6) is 0. The summed E-state index contributed by atoms with van der Waals surface area (Å²) in [4.78, 5) is 0. The smallest absolute Gasteiger partial charge is 0.225 e. The van der Waals surface area contributed by atoms with Crippen molar-refractivity contribution in [2.24, 2.45) is 0 Å². The minimum Gasteiger partial charge on any atom is -0.225 e. The Morgan fingerprint density at radius 1 is 0.285 bits per heavy atom. The SMILES string of the molecule is CC1(C)c2cc[n+]3c4c5c(ccc6c5c5n(c(c(-c7ccccc7)[n+]5C6)C1(C)C)c24)C3.CC1(C)c2cc[n+]3c4c5c(ccc6c5c5n(c(c[n+]5C6)C1(C)C)c24)C3.Cc1c2[n+]3c4c(cc[n+]5c4c4c(ccc6c4c3n1C6)C5)C(C)(C)C2(C)C.c1ccc(-c2c[n+]3c4ccc[n+]5c4c4c(ccc6c4c3n2C6)C5)cc1.c1ccc2c(c1)n1c3ccc[n+]4c3c3c(ccc5c3c1[n+]2C5)C4. The van der Waals surface area contributed by atoms with Gasteiger partial charge in [-0.25, -0.2) is 22.8 Å². The molecule has 130 heavy (non-hydrogen) atoms. The Balaban J connectivity index is 0.0000000758. The van der Waals surface area contributed by atoms with Crippen LogP contribution in [0, 0.1) is 6.92 Å². The van der Waals surface area contributed by atoms with E-state index in [9.17, 15) is 0 Å². The van der Waals surface area contributed by atoms with Crippen LogP contribution < -0.4 is 45.3 Å². The van der Waals surface area contributed by atoms with Crippen LogP contribution in [0.5, 0.6) is 0 Å². The maximum atomic E-state index is 2.66. The van der Waals surface area contributed by atoms with Crippen LogP contribution in [0.15, 0.2) is 231 Å². The van der Waals surface area contributed by atoms with E-state index in [2.05, 4.69) is 389 Å². The lowest BCUT2D eigenvalue weighted by Crippen LogP contribution is -2.52. The van der Waals surface area contributed by atoms with Crippen molar-refractivity contribution in [2.45, 2.75) is 188 Å². The highest BCUT2D eigenvalue weighted by Crippen LogP contribution is 2.58. The van der Waals surface area contributed by atoms with Gasteiger partial charge in [-0.05, 0) is 24.3 Å². The molecular weight excluding hydrogens is 1590 g/mol. The molecule has 15 nitrogen and oxygen atoms in total. The maximum absolute atomic E-state index is 2.66. The van der Waals surface area contributed by atoms with Crippen LogP contribution in [-0.2, 0) is 97.9 Å². The van der Waals surface area contributed by atoms with Gasteiger partial charge in [-0.3, -0.25) is 0 Å². The molecule has 13 aliphatic heterocycles. The van der Waals surface area contributed by atoms with Gasteiger partial charge in [-0.1, -0.05) is 217 Å². The van der Waals surface area contributed by atoms with Gasteiger partial charge in [0.25, 0.3) is 55.8 Å². The van der Waals surface area contributed by atoms with Crippen molar-refractivity contribution in [2.75, 3.05) is 0 Å². The second-order valence-corrected chi connectivity index (χ2v) is 43.5. The summed E-state index contributed by atoms with van der Waals surface area (Å²) in [6.45, 7) is 41.4. The fraction of sp³-hybridized carbons (Fsp3) is 0.252. The Labute approximate surface area is 748 Å². The monoisotopic (exact) mass is 1690 g/mol. The standard InChI is InChI=1S/C28H25N3.C23H23N3.C22H21N3.C22H15N3.C20H13N3/c1-27(2)19-12-13-29-14-17-10-11-18-15-30-22(16-8-6-5-7-9-16)25(28(27,3)4)31-23(19)24(29)20(17)21(18)26(30)31;1-12-20-23(4,5)22(2,3)15-8-9-24-10-13-6-7-14-11-25(12)21-17(14)16(13)19(24)18(15)26(20)21;1-21(2)14-7-8-23-9-12-5-6-13-10-24-11-15(22(21,3)4)25-18(14)19(23)16(12)17(13)20(24)25;1-2-5-14(6-3-1)18-13-25-17-7-4-10-23-11-15-8-9-16-12-24(18)22(25)20(16)19(15)21(17)23;1-2-5-15-14(4-1)22-11-13-8-7-12-10-21-9-3-6-16-19(21)17(12)18(13)20(22)23(15)16/h5-13H,14-15H2,1-4H3;6-9H,10-11H2,1-5H3;5-8,11H,9-10H2,1-4H3;1-10,13H,11-12H2;1-9H,10-11H2/q5*+2. The zero-order valence-electron chi connectivity index (χ0n) is 75.7. The molecule has 15 heteroatoms. The molecule has 0 N–H and O–H groups in total. The average molecular weight is 1690 g/mol. The minimum atomic E-state index is -0.0186. The van der Waals surface area contributed by atoms with Crippen LogP contribution >= 0.6 is 0 Å². The van der Waals surface area contributed by atoms with Gasteiger partial charge in [-0.15, -0.1) is 0 Å². The molecule has 0 atom stereocenters. The molecule has 0 fully saturated rings. The number of benzene rings is 8. The van der Waals surface area contributed by atoms with Crippen molar-refractivity contribution < 1.29 is 45.3 Å². The Hall–Kier alpha value is -14.2. The molecule has 622 valence electrons. The molecule has 23 aromatic rings. The van der Waals surface area contributed by atoms with Crippen molar-refractivity contribution in [3.63, 3.8) is 0 Å². The highest BCUT2D eigenvalue weighted by atomic mass is 15.2. The van der Waals surface area contributed by atoms with Crippen LogP contribution in [0.25, 0.3) is 171 Å². The predicted molar refractivity (Wildman–Crippen MR) is 506 cm³/mol. The molecule has 13 aliphatic rings. The number of hydrogen-bond donors (Lipinski definition) is 0. The number of nitrogens with zero attached hydrogens (tertiary/aromatic N) is 15. The van der Waals surface area contributed by atoms with E-state index in [-0.39, 0.29) is 32.5 Å². The van der Waals surface area contributed by atoms with E-state index >= 15 is 0 Å². The van der Waals surface area contributed by atoms with E-state index in [4.69, 9.17) is 0 Å². The van der Waals surface area contributed by atoms with Crippen molar-refractivity contribution in [3.8, 4) is 22.5 Å². The zero-order chi connectivity index (χ0) is 86.3. The Bertz CT molecular complexity index is 9690. The quantitative estimate of drug-likeness (QED) is 0.122. The average Bonchev–Trinajstić information content (AvgIpc) is 1.49. The summed E-state index contributed by atoms with van der Waals surface area (Å²) in [7, 11) is 0. The van der Waals surface area contributed by atoms with Gasteiger partial charge in [0.2, 0.25) is 27.6 Å². The first kappa shape index (κ1) is 70.8. The molecule has 0 radical (unpaired) electrons. The molecule has 15 aromatic heterocycles. The van der Waals surface area contributed by atoms with E-state index in [1.54, 1.807) is 0 Å². The number of imidazole rings is 5. The summed E-state index contributed by atoms with van der Waals surface area (Å²) in [6, 6.07) is 70.1. The normalized spacial score (nSPS) is 17.6. The molecule has 36 rings (SSSR count). The summed E-state index contributed by atoms with van der Waals surface area (Å²) >= 11 is 0. The van der Waals surface area contributed by atoms with E-state index in [0.717, 1.165) is 65.4 Å². The van der Waals surface area contributed by atoms with E-state index in [0.29, 0.717) is 0 Å². The molecule has 0 spiro atoms. The Morgan fingerprint density at radius 3 is 1.38 bits per heavy atom. The van der Waals surface area contributed by atoms with Crippen LogP contribution in [-0.4, -0.2) is 22.3 Å². The van der Waals surface area contributed by atoms with Gasteiger partial charge in [-0.2, -0.15) is 44.8 Å². The summed E-state index contributed by atoms with van der Waals surface area (Å²) in [5.41, 5.74) is 54.3. The van der Waals surface area contributed by atoms with E-state index in [1.807, 2.05) is 0 Å². The molecule has 28 heterocycles. The first-order valence-corrected chi connectivity index (χ1v) is 47.3. The second kappa shape index (κ2) is 22.2. The van der Waals surface area contributed by atoms with Crippen molar-refractivity contribution in [1.29, 1.82) is 0 Å². The molecule has 0 saturated heterocycles. The molecule has 8 aromatic carbocycles. The van der Waals surface area contributed by atoms with Crippen LogP contribution in [0.3, 0.4) is 0 Å². The lowest BCUT2D eigenvalue weighted by Gasteiger charge is -2.42. The number of hydrogen-bond acceptors (Lipinski definition) is 0. The Morgan fingerprint density at radius 2 is 0.731 bits per heavy atom. The fourth-order valence-corrected chi connectivity index (χ4v) is 28.6. The summed E-state index contributed by atoms with van der Waals surface area (Å²) in [6.07, 6.45) is 16.1. The van der Waals surface area contributed by atoms with Crippen molar-refractivity contribution in [3.05, 3.63) is 327 Å². The largest absolute Gasteiger partial charge is 0.296 e. The number of aromatic nitrogens is 15. The van der Waals surface area contributed by atoms with Crippen molar-refractivity contribution >= 4 is 148 Å². The molecular formula is C115H97N15+10. The van der Waals surface area contributed by atoms with Crippen LogP contribution in [0.2, 0.25) is 0 Å². The van der Waals surface area contributed by atoms with Gasteiger partial charge in [0, 0.05) is 153 Å². The molecule has 0 aliphatic carbocycles. The van der Waals surface area contributed by atoms with Crippen LogP contribution in [0.1, 0.15) is 178 Å². The lowest BCUT2D eigenvalue weighted by molar-refractivity contribution is -0.660. The lowest BCUT2D eigenvalue weighted by atomic mass is 9.60. The molecule has 0 bridgehead atoms. The fourth-order valence-electron chi connectivity index (χ4n) is 28.6. The first-order valence-electron chi connectivity index (χ1n) is 47.3. The molecule has 0 amide bonds. The third-order valence-electron chi connectivity index (χ3n) is 36.6. The van der Waals surface area contributed by atoms with E-state index in [1.165, 1.54) is 266 Å². The van der Waals surface area contributed by atoms with Crippen LogP contribution in [0.4, 0.5) is 0 Å². The number of pyridine rings is 10. The number of para-hydroxylation sites is 2. The third-order valence-corrected chi connectivity index (χ3v) is 36.6. The van der Waals surface area contributed by atoms with Gasteiger partial charge in [0.1, 0.15) is 50.8 Å². The van der Waals surface area contributed by atoms with Crippen molar-refractivity contribution in [1.82, 2.24) is 22.3 Å². The topological polar surface area (TPSA) is 62.3 Å². The van der Waals surface area contributed by atoms with Gasteiger partial charge in [0.05, 0.1) is 53.9 Å². The number of rotatable bonds is 2. The van der Waals surface area contributed by atoms with E-state index < -0.39 is 0 Å². The zero-order valence-corrected chi connectivity index (χ0v) is 75.7. The molecule has 0 saturated carbocycles. The highest BCUT2D eigenvalue weighted by Gasteiger charge is 2.60.